The van der Waals surface area contributed by atoms with Crippen LogP contribution in [0.15, 0.2) is 24.3 Å². The van der Waals surface area contributed by atoms with Crippen LogP contribution in [0.5, 0.6) is 0 Å². The Kier molecular flexibility index (Phi) is 1.47. The summed E-state index contributed by atoms with van der Waals surface area (Å²) < 4.78 is 15.0. The summed E-state index contributed by atoms with van der Waals surface area (Å²) in [5.74, 6) is -0.226. The van der Waals surface area contributed by atoms with E-state index in [1.54, 1.807) is 6.07 Å². The molecule has 72 valence electrons. The molecule has 2 heterocycles. The highest BCUT2D eigenvalue weighted by molar-refractivity contribution is 5.81. The van der Waals surface area contributed by atoms with Gasteiger partial charge in [-0.3, -0.25) is 0 Å². The lowest BCUT2D eigenvalue weighted by atomic mass is 10.2. The molecule has 2 nitrogen and oxygen atoms in total. The maximum absolute atomic E-state index is 12.9. The fourth-order valence-corrected chi connectivity index (χ4v) is 2.19. The molecule has 0 spiro atoms. The molecule has 1 N–H and O–H groups in total. The average Bonchev–Trinajstić information content (AvgIpc) is 2.66. The van der Waals surface area contributed by atoms with Gasteiger partial charge in [-0.25, -0.2) is 4.39 Å². The Morgan fingerprint density at radius 2 is 2.21 bits per heavy atom. The number of hydrogen-bond acceptors (Lipinski definition) is 1. The number of aliphatic hydroxyl groups excluding tert-OH is 1. The number of aryl methyl sites for hydroxylation is 1. The largest absolute Gasteiger partial charge is 0.387 e. The van der Waals surface area contributed by atoms with Crippen molar-refractivity contribution in [2.75, 3.05) is 0 Å². The second-order valence-electron chi connectivity index (χ2n) is 3.73. The van der Waals surface area contributed by atoms with E-state index in [1.165, 1.54) is 12.1 Å². The van der Waals surface area contributed by atoms with Crippen molar-refractivity contribution in [3.05, 3.63) is 35.8 Å². The molecule has 0 radical (unpaired) electrons. The van der Waals surface area contributed by atoms with Crippen molar-refractivity contribution in [1.29, 1.82) is 0 Å². The first-order valence-corrected chi connectivity index (χ1v) is 4.72. The van der Waals surface area contributed by atoms with E-state index in [2.05, 4.69) is 4.57 Å². The predicted molar refractivity (Wildman–Crippen MR) is 51.5 cm³/mol. The number of halogens is 1. The SMILES string of the molecule is OC1CCn2c1cc1cc(F)ccc12. The highest BCUT2D eigenvalue weighted by Crippen LogP contribution is 2.32. The quantitative estimate of drug-likeness (QED) is 0.678. The van der Waals surface area contributed by atoms with E-state index in [1.807, 2.05) is 6.07 Å². The lowest BCUT2D eigenvalue weighted by molar-refractivity contribution is 0.180. The molecule has 1 aromatic heterocycles. The zero-order chi connectivity index (χ0) is 9.71. The molecule has 1 aliphatic heterocycles. The van der Waals surface area contributed by atoms with Crippen molar-refractivity contribution in [2.45, 2.75) is 19.1 Å². The fraction of sp³-hybridized carbons (Fsp3) is 0.273. The topological polar surface area (TPSA) is 25.2 Å². The number of aromatic nitrogens is 1. The van der Waals surface area contributed by atoms with E-state index in [0.717, 1.165) is 29.6 Å². The summed E-state index contributed by atoms with van der Waals surface area (Å²) >= 11 is 0. The monoisotopic (exact) mass is 191 g/mol. The van der Waals surface area contributed by atoms with Crippen molar-refractivity contribution in [3.63, 3.8) is 0 Å². The molecule has 0 amide bonds. The first-order chi connectivity index (χ1) is 6.75. The zero-order valence-electron chi connectivity index (χ0n) is 7.57. The maximum Gasteiger partial charge on any atom is 0.123 e. The van der Waals surface area contributed by atoms with Gasteiger partial charge in [0.05, 0.1) is 6.10 Å². The third-order valence-electron chi connectivity index (χ3n) is 2.86. The van der Waals surface area contributed by atoms with Crippen LogP contribution < -0.4 is 0 Å². The molecule has 2 aromatic rings. The van der Waals surface area contributed by atoms with Crippen molar-refractivity contribution in [3.8, 4) is 0 Å². The summed E-state index contributed by atoms with van der Waals surface area (Å²) in [5.41, 5.74) is 1.92. The summed E-state index contributed by atoms with van der Waals surface area (Å²) in [5, 5.41) is 10.5. The molecule has 3 heteroatoms. The van der Waals surface area contributed by atoms with Gasteiger partial charge in [-0.2, -0.15) is 0 Å². The Morgan fingerprint density at radius 1 is 1.36 bits per heavy atom. The Labute approximate surface area is 80.6 Å². The van der Waals surface area contributed by atoms with Crippen LogP contribution in [-0.2, 0) is 6.54 Å². The molecule has 1 aromatic carbocycles. The number of benzene rings is 1. The predicted octanol–water partition coefficient (Wildman–Crippen LogP) is 2.22. The van der Waals surface area contributed by atoms with Gasteiger partial charge in [0.1, 0.15) is 5.82 Å². The number of rotatable bonds is 0. The molecule has 1 atom stereocenters. The van der Waals surface area contributed by atoms with E-state index < -0.39 is 0 Å². The molecule has 1 unspecified atom stereocenters. The van der Waals surface area contributed by atoms with Crippen LogP contribution in [0.25, 0.3) is 10.9 Å². The summed E-state index contributed by atoms with van der Waals surface area (Å²) in [6.07, 6.45) is 0.383. The van der Waals surface area contributed by atoms with Crippen molar-refractivity contribution in [2.24, 2.45) is 0 Å². The first-order valence-electron chi connectivity index (χ1n) is 4.72. The van der Waals surface area contributed by atoms with Crippen LogP contribution in [0.3, 0.4) is 0 Å². The molecule has 0 aliphatic carbocycles. The minimum atomic E-state index is -0.384. The Bertz CT molecular complexity index is 503. The van der Waals surface area contributed by atoms with E-state index in [-0.39, 0.29) is 11.9 Å². The van der Waals surface area contributed by atoms with Crippen molar-refractivity contribution >= 4 is 10.9 Å². The Balaban J connectivity index is 2.34. The van der Waals surface area contributed by atoms with Gasteiger partial charge in [0.15, 0.2) is 0 Å². The lowest BCUT2D eigenvalue weighted by Gasteiger charge is -1.98. The highest BCUT2D eigenvalue weighted by Gasteiger charge is 2.22. The van der Waals surface area contributed by atoms with Gasteiger partial charge in [0.25, 0.3) is 0 Å². The second kappa shape index (κ2) is 2.58. The first kappa shape index (κ1) is 8.00. The standard InChI is InChI=1S/C11H10FNO/c12-8-1-2-9-7(5-8)6-10-11(14)3-4-13(9)10/h1-2,5-6,11,14H,3-4H2. The molecule has 1 aliphatic rings. The van der Waals surface area contributed by atoms with Gasteiger partial charge in [-0.15, -0.1) is 0 Å². The molecule has 14 heavy (non-hydrogen) atoms. The van der Waals surface area contributed by atoms with Crippen LogP contribution in [0, 0.1) is 5.82 Å². The van der Waals surface area contributed by atoms with Crippen molar-refractivity contribution < 1.29 is 9.50 Å². The van der Waals surface area contributed by atoms with E-state index in [9.17, 15) is 9.50 Å². The van der Waals surface area contributed by atoms with Gasteiger partial charge >= 0.3 is 0 Å². The Hall–Kier alpha value is -1.35. The molecule has 3 rings (SSSR count). The van der Waals surface area contributed by atoms with E-state index >= 15 is 0 Å². The van der Waals surface area contributed by atoms with Gasteiger partial charge in [-0.05, 0) is 30.7 Å². The molecule has 0 fully saturated rings. The number of fused-ring (bicyclic) bond motifs is 3. The molecule has 0 saturated carbocycles. The van der Waals surface area contributed by atoms with Crippen LogP contribution in [0.1, 0.15) is 18.2 Å². The van der Waals surface area contributed by atoms with Crippen LogP contribution in [0.4, 0.5) is 4.39 Å². The van der Waals surface area contributed by atoms with Crippen LogP contribution in [0.2, 0.25) is 0 Å². The van der Waals surface area contributed by atoms with Gasteiger partial charge in [0, 0.05) is 23.1 Å². The smallest absolute Gasteiger partial charge is 0.123 e. The fourth-order valence-electron chi connectivity index (χ4n) is 2.19. The lowest BCUT2D eigenvalue weighted by Crippen LogP contribution is -1.91. The second-order valence-corrected chi connectivity index (χ2v) is 3.73. The summed E-state index contributed by atoms with van der Waals surface area (Å²) in [6.45, 7) is 0.825. The van der Waals surface area contributed by atoms with Crippen molar-refractivity contribution in [1.82, 2.24) is 4.57 Å². The molecule has 0 saturated heterocycles. The highest BCUT2D eigenvalue weighted by atomic mass is 19.1. The van der Waals surface area contributed by atoms with Crippen LogP contribution >= 0.6 is 0 Å². The molecule has 0 bridgehead atoms. The van der Waals surface area contributed by atoms with Gasteiger partial charge in [-0.1, -0.05) is 0 Å². The third kappa shape index (κ3) is 0.930. The maximum atomic E-state index is 12.9. The van der Waals surface area contributed by atoms with Crippen LogP contribution in [-0.4, -0.2) is 9.67 Å². The van der Waals surface area contributed by atoms with Gasteiger partial charge in [0.2, 0.25) is 0 Å². The normalized spacial score (nSPS) is 20.3. The van der Waals surface area contributed by atoms with Gasteiger partial charge < -0.3 is 9.67 Å². The molecular formula is C11H10FNO. The minimum Gasteiger partial charge on any atom is -0.387 e. The number of hydrogen-bond donors (Lipinski definition) is 1. The summed E-state index contributed by atoms with van der Waals surface area (Å²) in [6, 6.07) is 6.61. The zero-order valence-corrected chi connectivity index (χ0v) is 7.57. The minimum absolute atomic E-state index is 0.226. The summed E-state index contributed by atoms with van der Waals surface area (Å²) in [7, 11) is 0. The summed E-state index contributed by atoms with van der Waals surface area (Å²) in [4.78, 5) is 0. The third-order valence-corrected chi connectivity index (χ3v) is 2.86. The van der Waals surface area contributed by atoms with E-state index in [0.29, 0.717) is 0 Å². The number of nitrogens with zero attached hydrogens (tertiary/aromatic N) is 1. The number of aliphatic hydroxyl groups is 1. The Morgan fingerprint density at radius 3 is 3.07 bits per heavy atom. The average molecular weight is 191 g/mol. The molecular weight excluding hydrogens is 181 g/mol. The van der Waals surface area contributed by atoms with E-state index in [4.69, 9.17) is 0 Å².